The number of carbonyl (C=O) groups is 1. The van der Waals surface area contributed by atoms with Crippen molar-refractivity contribution in [1.82, 2.24) is 4.98 Å². The Balaban J connectivity index is 1.40. The number of carbonyl (C=O) groups excluding carboxylic acids is 1. The first-order valence-electron chi connectivity index (χ1n) is 9.48. The quantitative estimate of drug-likeness (QED) is 0.390. The lowest BCUT2D eigenvalue weighted by Crippen LogP contribution is -2.12. The average Bonchev–Trinajstić information content (AvgIpc) is 3.24. The van der Waals surface area contributed by atoms with Crippen LogP contribution in [0.15, 0.2) is 72.1 Å². The van der Waals surface area contributed by atoms with Gasteiger partial charge in [0.25, 0.3) is 5.91 Å². The van der Waals surface area contributed by atoms with Gasteiger partial charge in [0.1, 0.15) is 34.7 Å². The van der Waals surface area contributed by atoms with E-state index in [1.54, 1.807) is 17.5 Å². The van der Waals surface area contributed by atoms with Gasteiger partial charge in [-0.25, -0.2) is 13.8 Å². The molecule has 1 heterocycles. The van der Waals surface area contributed by atoms with E-state index in [0.717, 1.165) is 22.9 Å². The minimum Gasteiger partial charge on any atom is -0.489 e. The van der Waals surface area contributed by atoms with Crippen LogP contribution in [-0.4, -0.2) is 10.9 Å². The molecule has 0 fully saturated rings. The fourth-order valence-corrected chi connectivity index (χ4v) is 3.73. The Labute approximate surface area is 182 Å². The molecule has 0 aliphatic heterocycles. The third kappa shape index (κ3) is 5.13. The zero-order valence-corrected chi connectivity index (χ0v) is 17.4. The summed E-state index contributed by atoms with van der Waals surface area (Å²) < 4.78 is 32.3. The van der Waals surface area contributed by atoms with Gasteiger partial charge in [-0.15, -0.1) is 11.3 Å². The first-order valence-corrected chi connectivity index (χ1v) is 10.4. The Bertz CT molecular complexity index is 1220. The molecular formula is C24H18F2N2O2S. The Hall–Kier alpha value is -3.58. The second kappa shape index (κ2) is 9.06. The van der Waals surface area contributed by atoms with Gasteiger partial charge in [0.05, 0.1) is 0 Å². The van der Waals surface area contributed by atoms with E-state index in [0.29, 0.717) is 16.5 Å². The van der Waals surface area contributed by atoms with Crippen molar-refractivity contribution in [1.29, 1.82) is 0 Å². The highest BCUT2D eigenvalue weighted by atomic mass is 32.1. The predicted octanol–water partition coefficient (Wildman–Crippen LogP) is 6.23. The van der Waals surface area contributed by atoms with Crippen molar-refractivity contribution in [3.8, 4) is 16.3 Å². The van der Waals surface area contributed by atoms with Crippen LogP contribution in [0.3, 0.4) is 0 Å². The van der Waals surface area contributed by atoms with Gasteiger partial charge in [0.2, 0.25) is 0 Å². The van der Waals surface area contributed by atoms with Gasteiger partial charge < -0.3 is 10.1 Å². The minimum absolute atomic E-state index is 0.00794. The number of benzene rings is 3. The summed E-state index contributed by atoms with van der Waals surface area (Å²) in [7, 11) is 0. The van der Waals surface area contributed by atoms with Crippen LogP contribution < -0.4 is 10.1 Å². The maximum Gasteiger partial charge on any atom is 0.275 e. The second-order valence-corrected chi connectivity index (χ2v) is 7.77. The highest BCUT2D eigenvalue weighted by molar-refractivity contribution is 7.13. The lowest BCUT2D eigenvalue weighted by molar-refractivity contribution is 0.102. The SMILES string of the molecule is Cc1cccc(NC(=O)c2csc(-c3ccc(OCc4ccc(F)cc4F)cc3)n2)c1. The molecule has 3 aromatic carbocycles. The van der Waals surface area contributed by atoms with Gasteiger partial charge in [0, 0.05) is 28.3 Å². The van der Waals surface area contributed by atoms with Gasteiger partial charge in [-0.1, -0.05) is 12.1 Å². The van der Waals surface area contributed by atoms with Gasteiger partial charge in [0.15, 0.2) is 0 Å². The summed E-state index contributed by atoms with van der Waals surface area (Å²) in [5.74, 6) is -0.993. The summed E-state index contributed by atoms with van der Waals surface area (Å²) >= 11 is 1.37. The fourth-order valence-electron chi connectivity index (χ4n) is 2.92. The Morgan fingerprint density at radius 2 is 1.87 bits per heavy atom. The number of amides is 1. The molecule has 7 heteroatoms. The molecule has 1 amide bonds. The first kappa shape index (κ1) is 20.7. The summed E-state index contributed by atoms with van der Waals surface area (Å²) in [6, 6.07) is 18.1. The standard InChI is InChI=1S/C24H18F2N2O2S/c1-15-3-2-4-19(11-15)27-23(29)22-14-31-24(28-22)16-6-9-20(10-7-16)30-13-17-5-8-18(25)12-21(17)26/h2-12,14H,13H2,1H3,(H,27,29). The number of rotatable bonds is 6. The van der Waals surface area contributed by atoms with Gasteiger partial charge in [-0.05, 0) is 61.0 Å². The molecule has 0 atom stereocenters. The summed E-state index contributed by atoms with van der Waals surface area (Å²) in [6.45, 7) is 1.95. The fraction of sp³-hybridized carbons (Fsp3) is 0.0833. The number of nitrogens with zero attached hydrogens (tertiary/aromatic N) is 1. The van der Waals surface area contributed by atoms with Crippen molar-refractivity contribution in [2.45, 2.75) is 13.5 Å². The van der Waals surface area contributed by atoms with Gasteiger partial charge in [-0.2, -0.15) is 0 Å². The van der Waals surface area contributed by atoms with Crippen molar-refractivity contribution in [3.63, 3.8) is 0 Å². The molecule has 0 bridgehead atoms. The molecular weight excluding hydrogens is 418 g/mol. The molecule has 0 aliphatic carbocycles. The third-order valence-corrected chi connectivity index (χ3v) is 5.41. The monoisotopic (exact) mass is 436 g/mol. The summed E-state index contributed by atoms with van der Waals surface area (Å²) in [6.07, 6.45) is 0. The van der Waals surface area contributed by atoms with Crippen LogP contribution in [0, 0.1) is 18.6 Å². The number of nitrogens with one attached hydrogen (secondary N) is 1. The summed E-state index contributed by atoms with van der Waals surface area (Å²) in [4.78, 5) is 16.9. The molecule has 156 valence electrons. The minimum atomic E-state index is -0.643. The van der Waals surface area contributed by atoms with E-state index in [1.807, 2.05) is 43.3 Å². The number of aromatic nitrogens is 1. The van der Waals surface area contributed by atoms with Crippen LogP contribution >= 0.6 is 11.3 Å². The summed E-state index contributed by atoms with van der Waals surface area (Å²) in [5.41, 5.74) is 3.23. The molecule has 4 nitrogen and oxygen atoms in total. The molecule has 0 radical (unpaired) electrons. The van der Waals surface area contributed by atoms with Crippen molar-refractivity contribution in [3.05, 3.63) is 101 Å². The van der Waals surface area contributed by atoms with E-state index >= 15 is 0 Å². The average molecular weight is 436 g/mol. The maximum absolute atomic E-state index is 13.7. The maximum atomic E-state index is 13.7. The highest BCUT2D eigenvalue weighted by Crippen LogP contribution is 2.26. The molecule has 4 aromatic rings. The zero-order valence-electron chi connectivity index (χ0n) is 16.6. The molecule has 0 spiro atoms. The number of hydrogen-bond acceptors (Lipinski definition) is 4. The van der Waals surface area contributed by atoms with E-state index < -0.39 is 11.6 Å². The van der Waals surface area contributed by atoms with E-state index in [2.05, 4.69) is 10.3 Å². The highest BCUT2D eigenvalue weighted by Gasteiger charge is 2.13. The normalized spacial score (nSPS) is 10.7. The molecule has 0 saturated heterocycles. The van der Waals surface area contributed by atoms with Crippen LogP contribution in [-0.2, 0) is 6.61 Å². The van der Waals surface area contributed by atoms with Gasteiger partial charge >= 0.3 is 0 Å². The van der Waals surface area contributed by atoms with Crippen molar-refractivity contribution in [2.75, 3.05) is 5.32 Å². The van der Waals surface area contributed by atoms with E-state index in [1.165, 1.54) is 23.5 Å². The first-order chi connectivity index (χ1) is 15.0. The molecule has 4 rings (SSSR count). The van der Waals surface area contributed by atoms with Crippen LogP contribution in [0.4, 0.5) is 14.5 Å². The topological polar surface area (TPSA) is 51.2 Å². The van der Waals surface area contributed by atoms with Crippen molar-refractivity contribution >= 4 is 22.9 Å². The predicted molar refractivity (Wildman–Crippen MR) is 117 cm³/mol. The number of anilines is 1. The molecule has 0 saturated carbocycles. The van der Waals surface area contributed by atoms with E-state index in [9.17, 15) is 13.6 Å². The number of hydrogen-bond donors (Lipinski definition) is 1. The lowest BCUT2D eigenvalue weighted by Gasteiger charge is -2.08. The number of ether oxygens (including phenoxy) is 1. The second-order valence-electron chi connectivity index (χ2n) is 6.91. The Kier molecular flexibility index (Phi) is 6.04. The largest absolute Gasteiger partial charge is 0.489 e. The number of thiazole rings is 1. The van der Waals surface area contributed by atoms with Gasteiger partial charge in [-0.3, -0.25) is 4.79 Å². The smallest absolute Gasteiger partial charge is 0.275 e. The lowest BCUT2D eigenvalue weighted by atomic mass is 10.2. The number of halogens is 2. The van der Waals surface area contributed by atoms with Crippen LogP contribution in [0.25, 0.3) is 10.6 Å². The Morgan fingerprint density at radius 1 is 1.06 bits per heavy atom. The zero-order chi connectivity index (χ0) is 21.8. The Morgan fingerprint density at radius 3 is 2.61 bits per heavy atom. The van der Waals surface area contributed by atoms with Crippen LogP contribution in [0.1, 0.15) is 21.6 Å². The third-order valence-electron chi connectivity index (χ3n) is 4.52. The molecule has 1 aromatic heterocycles. The van der Waals surface area contributed by atoms with E-state index in [4.69, 9.17) is 4.74 Å². The number of aryl methyl sites for hydroxylation is 1. The molecule has 31 heavy (non-hydrogen) atoms. The van der Waals surface area contributed by atoms with Crippen molar-refractivity contribution in [2.24, 2.45) is 0 Å². The van der Waals surface area contributed by atoms with E-state index in [-0.39, 0.29) is 18.1 Å². The summed E-state index contributed by atoms with van der Waals surface area (Å²) in [5, 5.41) is 5.25. The van der Waals surface area contributed by atoms with Crippen molar-refractivity contribution < 1.29 is 18.3 Å². The molecule has 1 N–H and O–H groups in total. The molecule has 0 unspecified atom stereocenters. The van der Waals surface area contributed by atoms with Crippen LogP contribution in [0.2, 0.25) is 0 Å². The van der Waals surface area contributed by atoms with Crippen LogP contribution in [0.5, 0.6) is 5.75 Å². The molecule has 0 aliphatic rings.